The number of carbonyl (C=O) groups excluding carboxylic acids is 3. The van der Waals surface area contributed by atoms with Gasteiger partial charge in [0.2, 0.25) is 5.91 Å². The van der Waals surface area contributed by atoms with Gasteiger partial charge in [0.05, 0.1) is 5.69 Å². The standard InChI is InChI=1S/C40H31BrN4O3S2/c1-26-15-17-27(18-16-26)23-34(43-37(46)30-11-6-3-7-12-30)38(47)42-32-13-8-14-33(24-32)50-36(29-9-4-2-5-10-29)39(48)45-40-44-35(25-49-40)28-19-21-31(41)22-20-28/h2-25,36H,1H3,(H,42,47)(H,43,46)(H,44,45,48)/b34-23-. The maximum absolute atomic E-state index is 13.8. The van der Waals surface area contributed by atoms with Crippen molar-refractivity contribution in [3.63, 3.8) is 0 Å². The molecule has 6 aromatic rings. The van der Waals surface area contributed by atoms with Gasteiger partial charge >= 0.3 is 0 Å². The Hall–Kier alpha value is -5.29. The van der Waals surface area contributed by atoms with Crippen LogP contribution in [0.2, 0.25) is 0 Å². The number of thiazole rings is 1. The molecule has 1 aromatic heterocycles. The number of thioether (sulfide) groups is 1. The molecule has 3 N–H and O–H groups in total. The van der Waals surface area contributed by atoms with E-state index in [1.807, 2.05) is 115 Å². The lowest BCUT2D eigenvalue weighted by molar-refractivity contribution is -0.116. The highest BCUT2D eigenvalue weighted by atomic mass is 79.9. The summed E-state index contributed by atoms with van der Waals surface area (Å²) in [5, 5.41) is 10.5. The second kappa shape index (κ2) is 16.4. The largest absolute Gasteiger partial charge is 0.321 e. The van der Waals surface area contributed by atoms with E-state index in [1.54, 1.807) is 36.4 Å². The number of rotatable bonds is 11. The second-order valence-electron chi connectivity index (χ2n) is 11.2. The number of nitrogens with one attached hydrogen (secondary N) is 3. The van der Waals surface area contributed by atoms with Crippen molar-refractivity contribution >= 4 is 73.6 Å². The maximum atomic E-state index is 13.8. The van der Waals surface area contributed by atoms with Crippen molar-refractivity contribution in [2.24, 2.45) is 0 Å². The Kier molecular flexibility index (Phi) is 11.3. The molecule has 0 aliphatic heterocycles. The van der Waals surface area contributed by atoms with E-state index < -0.39 is 17.1 Å². The quantitative estimate of drug-likeness (QED) is 0.0903. The predicted octanol–water partition coefficient (Wildman–Crippen LogP) is 9.76. The van der Waals surface area contributed by atoms with Crippen LogP contribution in [0.1, 0.15) is 32.3 Å². The van der Waals surface area contributed by atoms with Gasteiger partial charge in [-0.1, -0.05) is 112 Å². The van der Waals surface area contributed by atoms with Crippen molar-refractivity contribution in [1.29, 1.82) is 0 Å². The molecular formula is C40H31BrN4O3S2. The Morgan fingerprint density at radius 3 is 2.22 bits per heavy atom. The van der Waals surface area contributed by atoms with Gasteiger partial charge in [-0.2, -0.15) is 0 Å². The summed E-state index contributed by atoms with van der Waals surface area (Å²) in [7, 11) is 0. The summed E-state index contributed by atoms with van der Waals surface area (Å²) in [5.41, 5.74) is 5.43. The molecule has 6 rings (SSSR count). The number of halogens is 1. The lowest BCUT2D eigenvalue weighted by atomic mass is 10.1. The highest BCUT2D eigenvalue weighted by Crippen LogP contribution is 2.38. The Balaban J connectivity index is 1.20. The third kappa shape index (κ3) is 9.23. The van der Waals surface area contributed by atoms with E-state index in [0.29, 0.717) is 16.4 Å². The molecule has 3 amide bonds. The Morgan fingerprint density at radius 1 is 0.800 bits per heavy atom. The molecule has 0 fully saturated rings. The van der Waals surface area contributed by atoms with Gasteiger partial charge in [0.25, 0.3) is 11.8 Å². The van der Waals surface area contributed by atoms with Crippen molar-refractivity contribution in [2.45, 2.75) is 17.1 Å². The van der Waals surface area contributed by atoms with Gasteiger partial charge in [0.1, 0.15) is 10.9 Å². The smallest absolute Gasteiger partial charge is 0.272 e. The van der Waals surface area contributed by atoms with Gasteiger partial charge in [0, 0.05) is 31.6 Å². The highest BCUT2D eigenvalue weighted by molar-refractivity contribution is 9.10. The average Bonchev–Trinajstić information content (AvgIpc) is 3.60. The van der Waals surface area contributed by atoms with Crippen LogP contribution in [0.15, 0.2) is 154 Å². The van der Waals surface area contributed by atoms with Crippen LogP contribution >= 0.6 is 39.0 Å². The van der Waals surface area contributed by atoms with Gasteiger partial charge in [-0.15, -0.1) is 23.1 Å². The molecule has 1 heterocycles. The molecule has 1 unspecified atom stereocenters. The number of benzene rings is 5. The molecule has 0 saturated carbocycles. The third-order valence-corrected chi connectivity index (χ3v) is 10.0. The zero-order valence-corrected chi connectivity index (χ0v) is 30.0. The van der Waals surface area contributed by atoms with Gasteiger partial charge in [0.15, 0.2) is 5.13 Å². The average molecular weight is 760 g/mol. The van der Waals surface area contributed by atoms with Crippen LogP contribution < -0.4 is 16.0 Å². The molecule has 5 aromatic carbocycles. The fourth-order valence-corrected chi connectivity index (χ4v) is 6.98. The van der Waals surface area contributed by atoms with Crippen molar-refractivity contribution < 1.29 is 14.4 Å². The summed E-state index contributed by atoms with van der Waals surface area (Å²) in [5.74, 6) is -1.11. The van der Waals surface area contributed by atoms with E-state index in [4.69, 9.17) is 0 Å². The topological polar surface area (TPSA) is 100 Å². The zero-order valence-electron chi connectivity index (χ0n) is 26.8. The summed E-state index contributed by atoms with van der Waals surface area (Å²) in [6, 6.07) is 41.0. The zero-order chi connectivity index (χ0) is 34.9. The maximum Gasteiger partial charge on any atom is 0.272 e. The first-order valence-electron chi connectivity index (χ1n) is 15.6. The molecule has 0 radical (unpaired) electrons. The van der Waals surface area contributed by atoms with Crippen molar-refractivity contribution in [3.05, 3.63) is 171 Å². The second-order valence-corrected chi connectivity index (χ2v) is 14.2. The number of hydrogen-bond acceptors (Lipinski definition) is 6. The molecule has 0 spiro atoms. The third-order valence-electron chi connectivity index (χ3n) is 7.48. The summed E-state index contributed by atoms with van der Waals surface area (Å²) in [6.07, 6.45) is 1.64. The molecule has 0 aliphatic rings. The van der Waals surface area contributed by atoms with E-state index in [0.717, 1.165) is 37.3 Å². The van der Waals surface area contributed by atoms with E-state index in [1.165, 1.54) is 23.1 Å². The van der Waals surface area contributed by atoms with Crippen molar-refractivity contribution in [3.8, 4) is 11.3 Å². The van der Waals surface area contributed by atoms with Crippen LogP contribution in [0, 0.1) is 6.92 Å². The summed E-state index contributed by atoms with van der Waals surface area (Å²) >= 11 is 6.18. The van der Waals surface area contributed by atoms with E-state index in [9.17, 15) is 14.4 Å². The SMILES string of the molecule is Cc1ccc(/C=C(\NC(=O)c2ccccc2)C(=O)Nc2cccc(SC(C(=O)Nc3nc(-c4ccc(Br)cc4)cs3)c3ccccc3)c2)cc1. The number of anilines is 2. The van der Waals surface area contributed by atoms with Gasteiger partial charge < -0.3 is 16.0 Å². The first kappa shape index (κ1) is 34.6. The van der Waals surface area contributed by atoms with E-state index >= 15 is 0 Å². The van der Waals surface area contributed by atoms with Crippen LogP contribution in [0.4, 0.5) is 10.8 Å². The fraction of sp³-hybridized carbons (Fsp3) is 0.0500. The molecule has 50 heavy (non-hydrogen) atoms. The Labute approximate surface area is 307 Å². The van der Waals surface area contributed by atoms with E-state index in [2.05, 4.69) is 36.9 Å². The number of aryl methyl sites for hydroxylation is 1. The summed E-state index contributed by atoms with van der Waals surface area (Å²) in [6.45, 7) is 1.98. The van der Waals surface area contributed by atoms with Gasteiger partial charge in [-0.25, -0.2) is 4.98 Å². The molecule has 0 saturated heterocycles. The minimum Gasteiger partial charge on any atom is -0.321 e. The first-order chi connectivity index (χ1) is 24.3. The van der Waals surface area contributed by atoms with E-state index in [-0.39, 0.29) is 11.6 Å². The van der Waals surface area contributed by atoms with Crippen LogP contribution in [0.5, 0.6) is 0 Å². The monoisotopic (exact) mass is 758 g/mol. The highest BCUT2D eigenvalue weighted by Gasteiger charge is 2.24. The minimum atomic E-state index is -0.607. The van der Waals surface area contributed by atoms with Crippen molar-refractivity contribution in [2.75, 3.05) is 10.6 Å². The molecular weight excluding hydrogens is 729 g/mol. The number of nitrogens with zero attached hydrogens (tertiary/aromatic N) is 1. The normalized spacial score (nSPS) is 11.8. The van der Waals surface area contributed by atoms with Crippen LogP contribution in [-0.4, -0.2) is 22.7 Å². The number of amides is 3. The number of aromatic nitrogens is 1. The lowest BCUT2D eigenvalue weighted by Gasteiger charge is -2.17. The fourth-order valence-electron chi connectivity index (χ4n) is 4.91. The summed E-state index contributed by atoms with van der Waals surface area (Å²) in [4.78, 5) is 45.9. The summed E-state index contributed by atoms with van der Waals surface area (Å²) < 4.78 is 0.977. The molecule has 10 heteroatoms. The van der Waals surface area contributed by atoms with Crippen molar-refractivity contribution in [1.82, 2.24) is 10.3 Å². The Bertz CT molecular complexity index is 2140. The molecule has 0 bridgehead atoms. The molecule has 7 nitrogen and oxygen atoms in total. The van der Waals surface area contributed by atoms with Gasteiger partial charge in [-0.05, 0) is 66.6 Å². The Morgan fingerprint density at radius 2 is 1.50 bits per heavy atom. The lowest BCUT2D eigenvalue weighted by Crippen LogP contribution is -2.30. The number of carbonyl (C=O) groups is 3. The minimum absolute atomic E-state index is 0.0910. The molecule has 0 aliphatic carbocycles. The number of hydrogen-bond donors (Lipinski definition) is 3. The first-order valence-corrected chi connectivity index (χ1v) is 18.2. The van der Waals surface area contributed by atoms with Gasteiger partial charge in [-0.3, -0.25) is 14.4 Å². The predicted molar refractivity (Wildman–Crippen MR) is 207 cm³/mol. The molecule has 1 atom stereocenters. The van der Waals surface area contributed by atoms with Crippen LogP contribution in [-0.2, 0) is 9.59 Å². The van der Waals surface area contributed by atoms with Crippen LogP contribution in [0.3, 0.4) is 0 Å². The van der Waals surface area contributed by atoms with Crippen LogP contribution in [0.25, 0.3) is 17.3 Å². The molecule has 248 valence electrons.